The predicted molar refractivity (Wildman–Crippen MR) is 138 cm³/mol. The van der Waals surface area contributed by atoms with Crippen LogP contribution in [0.25, 0.3) is 0 Å². The van der Waals surface area contributed by atoms with E-state index in [1.165, 1.54) is 25.1 Å². The number of esters is 1. The molecule has 42 heavy (non-hydrogen) atoms. The Morgan fingerprint density at radius 3 is 2.31 bits per heavy atom. The Bertz CT molecular complexity index is 1230. The third-order valence-electron chi connectivity index (χ3n) is 6.18. The first kappa shape index (κ1) is 32.1. The second-order valence-corrected chi connectivity index (χ2v) is 9.38. The van der Waals surface area contributed by atoms with Crippen LogP contribution in [-0.4, -0.2) is 105 Å². The van der Waals surface area contributed by atoms with E-state index in [1.54, 1.807) is 0 Å². The van der Waals surface area contributed by atoms with Crippen LogP contribution >= 0.6 is 0 Å². The van der Waals surface area contributed by atoms with Gasteiger partial charge in [-0.25, -0.2) is 4.79 Å². The molecule has 0 unspecified atom stereocenters. The van der Waals surface area contributed by atoms with Crippen molar-refractivity contribution in [1.82, 2.24) is 10.2 Å². The molecule has 0 aliphatic carbocycles. The van der Waals surface area contributed by atoms with Crippen molar-refractivity contribution < 1.29 is 63.4 Å². The van der Waals surface area contributed by atoms with Crippen molar-refractivity contribution in [2.75, 3.05) is 18.4 Å². The van der Waals surface area contributed by atoms with Gasteiger partial charge in [-0.15, -0.1) is 0 Å². The number of amides is 4. The molecule has 2 aliphatic rings. The van der Waals surface area contributed by atoms with Crippen LogP contribution in [-0.2, 0) is 44.8 Å². The quantitative estimate of drug-likeness (QED) is 0.109. The Morgan fingerprint density at radius 1 is 0.976 bits per heavy atom. The van der Waals surface area contributed by atoms with Gasteiger partial charge in [-0.05, 0) is 24.1 Å². The third kappa shape index (κ3) is 8.56. The number of hydrogen-bond acceptors (Lipinski definition) is 12. The van der Waals surface area contributed by atoms with Crippen molar-refractivity contribution in [3.8, 4) is 5.75 Å². The molecule has 6 N–H and O–H groups in total. The summed E-state index contributed by atoms with van der Waals surface area (Å²) in [6.45, 7) is 1.06. The number of nitrogens with one attached hydrogen (secondary N) is 2. The number of aliphatic hydroxyl groups excluding tert-OH is 3. The molecule has 2 heterocycles. The van der Waals surface area contributed by atoms with Gasteiger partial charge in [-0.1, -0.05) is 6.07 Å². The molecule has 0 aromatic heterocycles. The lowest BCUT2D eigenvalue weighted by atomic mass is 9.99. The number of carbonyl (C=O) groups is 6. The van der Waals surface area contributed by atoms with Crippen LogP contribution in [0.3, 0.4) is 0 Å². The van der Waals surface area contributed by atoms with E-state index >= 15 is 0 Å². The number of carboxylic acids is 1. The molecule has 0 radical (unpaired) electrons. The maximum absolute atomic E-state index is 12.7. The number of aliphatic carboxylic acids is 1. The lowest BCUT2D eigenvalue weighted by Gasteiger charge is -2.38. The summed E-state index contributed by atoms with van der Waals surface area (Å²) in [6, 6.07) is 4.17. The van der Waals surface area contributed by atoms with Gasteiger partial charge >= 0.3 is 11.9 Å². The van der Waals surface area contributed by atoms with Gasteiger partial charge in [0.1, 0.15) is 30.7 Å². The van der Waals surface area contributed by atoms with Crippen molar-refractivity contribution in [2.45, 2.75) is 63.5 Å². The monoisotopic (exact) mass is 593 g/mol. The number of aliphatic hydroxyl groups is 3. The average molecular weight is 594 g/mol. The number of anilines is 1. The molecule has 1 aromatic rings. The lowest BCUT2D eigenvalue weighted by Crippen LogP contribution is -2.61. The average Bonchev–Trinajstić information content (AvgIpc) is 3.25. The number of rotatable bonds is 13. The summed E-state index contributed by atoms with van der Waals surface area (Å²) in [4.78, 5) is 71.4. The molecule has 228 valence electrons. The van der Waals surface area contributed by atoms with Crippen LogP contribution in [0.2, 0.25) is 0 Å². The number of hydrogen-bond donors (Lipinski definition) is 6. The first-order chi connectivity index (χ1) is 19.9. The third-order valence-corrected chi connectivity index (χ3v) is 6.18. The summed E-state index contributed by atoms with van der Waals surface area (Å²) in [7, 11) is 0. The van der Waals surface area contributed by atoms with Gasteiger partial charge in [0.25, 0.3) is 11.8 Å². The minimum atomic E-state index is -1.93. The molecule has 0 saturated carbocycles. The van der Waals surface area contributed by atoms with E-state index in [0.717, 1.165) is 17.1 Å². The highest BCUT2D eigenvalue weighted by molar-refractivity contribution is 6.12. The van der Waals surface area contributed by atoms with Gasteiger partial charge < -0.3 is 45.3 Å². The smallest absolute Gasteiger partial charge is 0.335 e. The van der Waals surface area contributed by atoms with Crippen molar-refractivity contribution in [3.63, 3.8) is 0 Å². The van der Waals surface area contributed by atoms with Crippen molar-refractivity contribution in [2.24, 2.45) is 0 Å². The Morgan fingerprint density at radius 2 is 1.67 bits per heavy atom. The van der Waals surface area contributed by atoms with Crippen LogP contribution in [0, 0.1) is 0 Å². The SMILES string of the molecule is CC(=O)OCc1ccc(O[C@@H]2O[C@H](C(=O)O)[C@H](O)[C@H](O)[C@@H]2O)c(NC(=O)CCNC(=O)CCCN2C(=O)C=CC2=O)c1. The first-order valence-electron chi connectivity index (χ1n) is 12.8. The summed E-state index contributed by atoms with van der Waals surface area (Å²) in [5.41, 5.74) is 0.433. The molecule has 1 saturated heterocycles. The van der Waals surface area contributed by atoms with Gasteiger partial charge in [0, 0.05) is 45.0 Å². The molecule has 16 heteroatoms. The molecule has 0 bridgehead atoms. The first-order valence-corrected chi connectivity index (χ1v) is 12.8. The fourth-order valence-electron chi connectivity index (χ4n) is 3.99. The predicted octanol–water partition coefficient (Wildman–Crippen LogP) is -1.83. The highest BCUT2D eigenvalue weighted by atomic mass is 16.7. The van der Waals surface area contributed by atoms with Gasteiger partial charge in [-0.3, -0.25) is 28.9 Å². The number of ether oxygens (including phenoxy) is 3. The van der Waals surface area contributed by atoms with Crippen LogP contribution < -0.4 is 15.4 Å². The number of carbonyl (C=O) groups excluding carboxylic acids is 5. The molecule has 1 fully saturated rings. The molecule has 0 spiro atoms. The molecular formula is C26H31N3O13. The minimum absolute atomic E-state index is 0.00724. The molecule has 16 nitrogen and oxygen atoms in total. The van der Waals surface area contributed by atoms with Crippen LogP contribution in [0.15, 0.2) is 30.4 Å². The second-order valence-electron chi connectivity index (χ2n) is 9.38. The minimum Gasteiger partial charge on any atom is -0.479 e. The number of carboxylic acid groups (broad SMARTS) is 1. The maximum atomic E-state index is 12.7. The normalized spacial score (nSPS) is 23.4. The Labute approximate surface area is 238 Å². The standard InChI is InChI=1S/C26H31N3O13/c1-13(30)40-12-14-4-5-16(41-26-23(37)21(35)22(36)24(42-26)25(38)39)15(11-14)28-18(32)8-9-27-17(31)3-2-10-29-19(33)6-7-20(29)34/h4-7,11,21-24,26,35-37H,2-3,8-10,12H2,1H3,(H,27,31)(H,28,32)(H,38,39)/t21-,22+,23-,24-,26+/m0/s1. The molecular weight excluding hydrogens is 562 g/mol. The summed E-state index contributed by atoms with van der Waals surface area (Å²) >= 11 is 0. The Kier molecular flexibility index (Phi) is 11.1. The molecule has 4 amide bonds. The molecule has 2 aliphatic heterocycles. The van der Waals surface area contributed by atoms with Crippen molar-refractivity contribution >= 4 is 41.3 Å². The van der Waals surface area contributed by atoms with Crippen LogP contribution in [0.4, 0.5) is 5.69 Å². The topological polar surface area (TPSA) is 238 Å². The molecule has 1 aromatic carbocycles. The largest absolute Gasteiger partial charge is 0.479 e. The number of imide groups is 1. The van der Waals surface area contributed by atoms with E-state index in [2.05, 4.69) is 10.6 Å². The van der Waals surface area contributed by atoms with Gasteiger partial charge in [0.15, 0.2) is 6.10 Å². The highest BCUT2D eigenvalue weighted by Gasteiger charge is 2.48. The zero-order chi connectivity index (χ0) is 31.0. The van der Waals surface area contributed by atoms with E-state index < -0.39 is 66.3 Å². The van der Waals surface area contributed by atoms with Gasteiger partial charge in [-0.2, -0.15) is 0 Å². The summed E-state index contributed by atoms with van der Waals surface area (Å²) in [5.74, 6) is -4.17. The van der Waals surface area contributed by atoms with Gasteiger partial charge in [0.05, 0.1) is 5.69 Å². The van der Waals surface area contributed by atoms with E-state index in [9.17, 15) is 49.2 Å². The molecule has 3 rings (SSSR count). The fraction of sp³-hybridized carbons (Fsp3) is 0.462. The highest BCUT2D eigenvalue weighted by Crippen LogP contribution is 2.31. The summed E-state index contributed by atoms with van der Waals surface area (Å²) < 4.78 is 15.7. The number of benzene rings is 1. The lowest BCUT2D eigenvalue weighted by molar-refractivity contribution is -0.271. The van der Waals surface area contributed by atoms with Crippen LogP contribution in [0.1, 0.15) is 31.7 Å². The van der Waals surface area contributed by atoms with Gasteiger partial charge in [0.2, 0.25) is 18.1 Å². The summed E-state index contributed by atoms with van der Waals surface area (Å²) in [6.07, 6.45) is -7.01. The summed E-state index contributed by atoms with van der Waals surface area (Å²) in [5, 5.41) is 44.6. The number of nitrogens with zero attached hydrogens (tertiary/aromatic N) is 1. The van der Waals surface area contributed by atoms with E-state index in [0.29, 0.717) is 5.56 Å². The van der Waals surface area contributed by atoms with Crippen molar-refractivity contribution in [1.29, 1.82) is 0 Å². The van der Waals surface area contributed by atoms with Crippen molar-refractivity contribution in [3.05, 3.63) is 35.9 Å². The Balaban J connectivity index is 1.59. The van der Waals surface area contributed by atoms with E-state index in [4.69, 9.17) is 14.2 Å². The zero-order valence-corrected chi connectivity index (χ0v) is 22.4. The van der Waals surface area contributed by atoms with E-state index in [-0.39, 0.29) is 50.4 Å². The Hall–Kier alpha value is -4.38. The van der Waals surface area contributed by atoms with Crippen LogP contribution in [0.5, 0.6) is 5.75 Å². The fourth-order valence-corrected chi connectivity index (χ4v) is 3.99. The van der Waals surface area contributed by atoms with E-state index in [1.807, 2.05) is 0 Å². The zero-order valence-electron chi connectivity index (χ0n) is 22.4. The second kappa shape index (κ2) is 14.5. The molecule has 5 atom stereocenters. The maximum Gasteiger partial charge on any atom is 0.335 e.